The maximum Gasteiger partial charge on any atom is 0.275 e. The summed E-state index contributed by atoms with van der Waals surface area (Å²) in [6.07, 6.45) is 0.338. The maximum absolute atomic E-state index is 13.8. The van der Waals surface area contributed by atoms with Gasteiger partial charge < -0.3 is 9.47 Å². The van der Waals surface area contributed by atoms with Crippen molar-refractivity contribution >= 4 is 21.6 Å². The first kappa shape index (κ1) is 15.2. The molecular formula is C13H15BrFNO4. The van der Waals surface area contributed by atoms with Crippen LogP contribution >= 0.6 is 15.9 Å². The van der Waals surface area contributed by atoms with Crippen molar-refractivity contribution in [1.29, 1.82) is 0 Å². The molecular weight excluding hydrogens is 333 g/mol. The number of alkyl halides is 1. The molecule has 0 spiro atoms. The summed E-state index contributed by atoms with van der Waals surface area (Å²) in [4.78, 5) is 10.3. The van der Waals surface area contributed by atoms with E-state index in [1.54, 1.807) is 6.92 Å². The highest BCUT2D eigenvalue weighted by molar-refractivity contribution is 9.09. The van der Waals surface area contributed by atoms with Crippen LogP contribution in [0.1, 0.15) is 18.9 Å². The van der Waals surface area contributed by atoms with E-state index in [1.165, 1.54) is 6.07 Å². The SMILES string of the molecule is CCOC1C(Br)CC1Oc1cc(C)c([N+](=O)[O-])cc1F. The predicted octanol–water partition coefficient (Wildman–Crippen LogP) is 3.36. The zero-order chi connectivity index (χ0) is 14.9. The number of ether oxygens (including phenoxy) is 2. The fourth-order valence-corrected chi connectivity index (χ4v) is 3.00. The highest BCUT2D eigenvalue weighted by atomic mass is 79.9. The summed E-state index contributed by atoms with van der Waals surface area (Å²) < 4.78 is 24.9. The van der Waals surface area contributed by atoms with E-state index in [9.17, 15) is 14.5 Å². The third-order valence-corrected chi connectivity index (χ3v) is 4.16. The average molecular weight is 348 g/mol. The quantitative estimate of drug-likeness (QED) is 0.465. The van der Waals surface area contributed by atoms with Crippen LogP contribution in [0.25, 0.3) is 0 Å². The fraction of sp³-hybridized carbons (Fsp3) is 0.538. The molecule has 0 radical (unpaired) electrons. The Morgan fingerprint density at radius 1 is 1.55 bits per heavy atom. The van der Waals surface area contributed by atoms with Gasteiger partial charge in [0.2, 0.25) is 0 Å². The minimum Gasteiger partial charge on any atom is -0.485 e. The summed E-state index contributed by atoms with van der Waals surface area (Å²) in [6.45, 7) is 3.98. The Balaban J connectivity index is 2.14. The van der Waals surface area contributed by atoms with Gasteiger partial charge in [-0.15, -0.1) is 0 Å². The standard InChI is InChI=1S/C13H15BrFNO4/c1-3-19-13-8(14)5-12(13)20-11-4-7(2)10(16(17)18)6-9(11)15/h4,6,8,12-13H,3,5H2,1-2H3. The van der Waals surface area contributed by atoms with Gasteiger partial charge in [0.05, 0.1) is 11.0 Å². The van der Waals surface area contributed by atoms with Crippen LogP contribution in [0.3, 0.4) is 0 Å². The lowest BCUT2D eigenvalue weighted by Gasteiger charge is -2.40. The number of hydrogen-bond donors (Lipinski definition) is 0. The van der Waals surface area contributed by atoms with Crippen LogP contribution in [0.5, 0.6) is 5.75 Å². The van der Waals surface area contributed by atoms with Gasteiger partial charge in [-0.2, -0.15) is 0 Å². The van der Waals surface area contributed by atoms with Gasteiger partial charge in [-0.25, -0.2) is 4.39 Å². The smallest absolute Gasteiger partial charge is 0.275 e. The van der Waals surface area contributed by atoms with Crippen LogP contribution < -0.4 is 4.74 Å². The van der Waals surface area contributed by atoms with E-state index in [0.29, 0.717) is 18.6 Å². The number of halogens is 2. The van der Waals surface area contributed by atoms with Crippen LogP contribution in [-0.4, -0.2) is 28.6 Å². The summed E-state index contributed by atoms with van der Waals surface area (Å²) in [6, 6.07) is 2.25. The molecule has 1 saturated carbocycles. The Morgan fingerprint density at radius 2 is 2.25 bits per heavy atom. The molecule has 0 aromatic heterocycles. The Morgan fingerprint density at radius 3 is 2.80 bits per heavy atom. The van der Waals surface area contributed by atoms with Gasteiger partial charge in [-0.3, -0.25) is 10.1 Å². The van der Waals surface area contributed by atoms with Gasteiger partial charge in [0, 0.05) is 23.4 Å². The van der Waals surface area contributed by atoms with E-state index in [0.717, 1.165) is 6.07 Å². The second-order valence-electron chi connectivity index (χ2n) is 4.65. The Labute approximate surface area is 124 Å². The molecule has 1 aliphatic rings. The molecule has 0 heterocycles. The third kappa shape index (κ3) is 2.93. The van der Waals surface area contributed by atoms with Crippen LogP contribution in [0.4, 0.5) is 10.1 Å². The molecule has 20 heavy (non-hydrogen) atoms. The van der Waals surface area contributed by atoms with E-state index in [4.69, 9.17) is 9.47 Å². The van der Waals surface area contributed by atoms with Crippen molar-refractivity contribution in [3.8, 4) is 5.75 Å². The Hall–Kier alpha value is -1.21. The van der Waals surface area contributed by atoms with Crippen molar-refractivity contribution in [3.63, 3.8) is 0 Å². The van der Waals surface area contributed by atoms with Crippen LogP contribution in [0, 0.1) is 22.9 Å². The van der Waals surface area contributed by atoms with Gasteiger partial charge in [0.15, 0.2) is 11.6 Å². The van der Waals surface area contributed by atoms with Crippen molar-refractivity contribution < 1.29 is 18.8 Å². The van der Waals surface area contributed by atoms with Crippen molar-refractivity contribution in [2.45, 2.75) is 37.3 Å². The molecule has 0 N–H and O–H groups in total. The number of rotatable bonds is 5. The second kappa shape index (κ2) is 6.05. The highest BCUT2D eigenvalue weighted by Crippen LogP contribution is 2.36. The van der Waals surface area contributed by atoms with Gasteiger partial charge in [-0.05, 0) is 19.9 Å². The number of nitrogens with zero attached hydrogens (tertiary/aromatic N) is 1. The molecule has 0 bridgehead atoms. The maximum atomic E-state index is 13.8. The molecule has 3 unspecified atom stereocenters. The Kier molecular flexibility index (Phi) is 4.59. The zero-order valence-electron chi connectivity index (χ0n) is 11.1. The number of aryl methyl sites for hydroxylation is 1. The molecule has 3 atom stereocenters. The topological polar surface area (TPSA) is 61.6 Å². The first-order valence-corrected chi connectivity index (χ1v) is 7.22. The van der Waals surface area contributed by atoms with E-state index < -0.39 is 10.7 Å². The molecule has 1 fully saturated rings. The minimum absolute atomic E-state index is 0.0298. The van der Waals surface area contributed by atoms with E-state index in [1.807, 2.05) is 6.92 Å². The average Bonchev–Trinajstić information content (AvgIpc) is 2.38. The van der Waals surface area contributed by atoms with E-state index >= 15 is 0 Å². The largest absolute Gasteiger partial charge is 0.485 e. The lowest BCUT2D eigenvalue weighted by molar-refractivity contribution is -0.385. The molecule has 110 valence electrons. The molecule has 0 amide bonds. The first-order chi connectivity index (χ1) is 9.43. The molecule has 1 aromatic carbocycles. The van der Waals surface area contributed by atoms with E-state index in [2.05, 4.69) is 15.9 Å². The van der Waals surface area contributed by atoms with Gasteiger partial charge in [-0.1, -0.05) is 15.9 Å². The van der Waals surface area contributed by atoms with Crippen LogP contribution in [0.15, 0.2) is 12.1 Å². The number of benzene rings is 1. The third-order valence-electron chi connectivity index (χ3n) is 3.27. The van der Waals surface area contributed by atoms with Gasteiger partial charge >= 0.3 is 0 Å². The number of nitro benzene ring substituents is 1. The molecule has 1 aliphatic carbocycles. The monoisotopic (exact) mass is 347 g/mol. The predicted molar refractivity (Wildman–Crippen MR) is 75.0 cm³/mol. The van der Waals surface area contributed by atoms with Crippen molar-refractivity contribution in [2.75, 3.05) is 6.61 Å². The summed E-state index contributed by atoms with van der Waals surface area (Å²) in [5, 5.41) is 10.7. The Bertz CT molecular complexity index is 525. The zero-order valence-corrected chi connectivity index (χ0v) is 12.7. The molecule has 7 heteroatoms. The number of hydrogen-bond acceptors (Lipinski definition) is 4. The molecule has 0 saturated heterocycles. The van der Waals surface area contributed by atoms with Crippen molar-refractivity contribution in [3.05, 3.63) is 33.6 Å². The van der Waals surface area contributed by atoms with E-state index in [-0.39, 0.29) is 28.5 Å². The van der Waals surface area contributed by atoms with Crippen LogP contribution in [-0.2, 0) is 4.74 Å². The summed E-state index contributed by atoms with van der Waals surface area (Å²) in [5.74, 6) is -0.697. The number of nitro groups is 1. The normalized spacial score (nSPS) is 25.1. The summed E-state index contributed by atoms with van der Waals surface area (Å²) in [7, 11) is 0. The van der Waals surface area contributed by atoms with Gasteiger partial charge in [0.25, 0.3) is 5.69 Å². The highest BCUT2D eigenvalue weighted by Gasteiger charge is 2.42. The van der Waals surface area contributed by atoms with Crippen LogP contribution in [0.2, 0.25) is 0 Å². The first-order valence-electron chi connectivity index (χ1n) is 6.31. The van der Waals surface area contributed by atoms with Gasteiger partial charge in [0.1, 0.15) is 12.2 Å². The molecule has 5 nitrogen and oxygen atoms in total. The fourth-order valence-electron chi connectivity index (χ4n) is 2.14. The molecule has 2 rings (SSSR count). The summed E-state index contributed by atoms with van der Waals surface area (Å²) in [5.41, 5.74) is 0.122. The van der Waals surface area contributed by atoms with Crippen molar-refractivity contribution in [2.24, 2.45) is 0 Å². The lowest BCUT2D eigenvalue weighted by Crippen LogP contribution is -2.52. The minimum atomic E-state index is -0.726. The molecule has 0 aliphatic heterocycles. The lowest BCUT2D eigenvalue weighted by atomic mass is 9.91. The van der Waals surface area contributed by atoms with Crippen molar-refractivity contribution in [1.82, 2.24) is 0 Å². The summed E-state index contributed by atoms with van der Waals surface area (Å²) >= 11 is 3.46. The molecule has 1 aromatic rings. The second-order valence-corrected chi connectivity index (χ2v) is 5.83.